The summed E-state index contributed by atoms with van der Waals surface area (Å²) in [5, 5.41) is 16.6. The first kappa shape index (κ1) is 26.8. The van der Waals surface area contributed by atoms with Crippen LogP contribution in [0.4, 0.5) is 5.69 Å². The number of carbonyl (C=O) groups is 2. The summed E-state index contributed by atoms with van der Waals surface area (Å²) in [6.07, 6.45) is 1.52. The average molecular weight is 556 g/mol. The number of amides is 1. The van der Waals surface area contributed by atoms with E-state index in [0.29, 0.717) is 23.6 Å². The summed E-state index contributed by atoms with van der Waals surface area (Å²) in [6, 6.07) is 23.9. The minimum absolute atomic E-state index is 0.142. The van der Waals surface area contributed by atoms with E-state index >= 15 is 0 Å². The zero-order valence-corrected chi connectivity index (χ0v) is 22.2. The van der Waals surface area contributed by atoms with Crippen LogP contribution in [-0.4, -0.2) is 30.2 Å². The number of Topliss-reactive ketones (excluding diaryl/α,β-unsaturated/α-hetero) is 1. The van der Waals surface area contributed by atoms with Gasteiger partial charge in [-0.1, -0.05) is 36.4 Å². The molecule has 5 rings (SSSR count). The Bertz CT molecular complexity index is 1720. The first-order valence-electron chi connectivity index (χ1n) is 12.3. The van der Waals surface area contributed by atoms with Crippen molar-refractivity contribution in [1.82, 2.24) is 4.98 Å². The Balaban J connectivity index is 1.55. The monoisotopic (exact) mass is 555 g/mol. The van der Waals surface area contributed by atoms with E-state index in [1.54, 1.807) is 36.4 Å². The fourth-order valence-electron chi connectivity index (χ4n) is 4.56. The van der Waals surface area contributed by atoms with Crippen molar-refractivity contribution in [1.29, 1.82) is 0 Å². The van der Waals surface area contributed by atoms with Crippen LogP contribution in [0, 0.1) is 6.92 Å². The maximum Gasteiger partial charge on any atom is 0.300 e. The second-order valence-corrected chi connectivity index (χ2v) is 10.8. The van der Waals surface area contributed by atoms with E-state index < -0.39 is 27.8 Å². The fraction of sp³-hybridized carbons (Fsp3) is 0.100. The van der Waals surface area contributed by atoms with E-state index in [2.05, 4.69) is 4.98 Å². The van der Waals surface area contributed by atoms with Crippen LogP contribution in [0.3, 0.4) is 0 Å². The number of aryl methyl sites for hydroxylation is 1. The summed E-state index contributed by atoms with van der Waals surface area (Å²) in [4.78, 5) is 32.0. The van der Waals surface area contributed by atoms with Gasteiger partial charge >= 0.3 is 0 Å². The zero-order valence-electron chi connectivity index (χ0n) is 21.4. The van der Waals surface area contributed by atoms with Crippen molar-refractivity contribution in [2.75, 3.05) is 4.90 Å². The second-order valence-electron chi connectivity index (χ2n) is 9.22. The summed E-state index contributed by atoms with van der Waals surface area (Å²) < 4.78 is 29.4. The molecule has 40 heavy (non-hydrogen) atoms. The number of ether oxygens (including phenoxy) is 1. The quantitative estimate of drug-likeness (QED) is 0.197. The molecule has 1 aliphatic heterocycles. The molecule has 0 bridgehead atoms. The van der Waals surface area contributed by atoms with Gasteiger partial charge in [0.15, 0.2) is 0 Å². The molecular formula is C30H25N3O6S. The highest BCUT2D eigenvalue weighted by molar-refractivity contribution is 7.89. The topological polar surface area (TPSA) is 140 Å². The summed E-state index contributed by atoms with van der Waals surface area (Å²) >= 11 is 0. The molecule has 1 atom stereocenters. The molecular weight excluding hydrogens is 530 g/mol. The summed E-state index contributed by atoms with van der Waals surface area (Å²) in [6.45, 7) is 2.18. The molecule has 1 saturated heterocycles. The number of ketones is 1. The molecule has 9 nitrogen and oxygen atoms in total. The van der Waals surface area contributed by atoms with E-state index in [1.807, 2.05) is 37.3 Å². The number of nitrogens with two attached hydrogens (primary N) is 1. The summed E-state index contributed by atoms with van der Waals surface area (Å²) in [7, 11) is -3.96. The number of hydrogen-bond acceptors (Lipinski definition) is 7. The van der Waals surface area contributed by atoms with Crippen LogP contribution < -0.4 is 14.8 Å². The lowest BCUT2D eigenvalue weighted by Crippen LogP contribution is -2.29. The number of primary sulfonamides is 1. The molecule has 3 N–H and O–H groups in total. The Labute approximate surface area is 231 Å². The van der Waals surface area contributed by atoms with Crippen molar-refractivity contribution < 1.29 is 27.9 Å². The van der Waals surface area contributed by atoms with E-state index in [4.69, 9.17) is 9.88 Å². The number of rotatable bonds is 7. The van der Waals surface area contributed by atoms with Gasteiger partial charge in [0.05, 0.1) is 16.2 Å². The van der Waals surface area contributed by atoms with Crippen LogP contribution in [-0.2, 0) is 26.2 Å². The molecule has 0 aliphatic carbocycles. The molecule has 0 radical (unpaired) electrons. The van der Waals surface area contributed by atoms with Crippen molar-refractivity contribution in [3.63, 3.8) is 0 Å². The molecule has 3 aromatic carbocycles. The normalized spacial score (nSPS) is 16.8. The molecule has 0 spiro atoms. The highest BCUT2D eigenvalue weighted by atomic mass is 32.2. The van der Waals surface area contributed by atoms with Gasteiger partial charge in [0, 0.05) is 17.4 Å². The highest BCUT2D eigenvalue weighted by Gasteiger charge is 2.47. The average Bonchev–Trinajstić information content (AvgIpc) is 3.22. The third-order valence-electron chi connectivity index (χ3n) is 6.54. The number of hydrogen-bond donors (Lipinski definition) is 2. The van der Waals surface area contributed by atoms with Gasteiger partial charge in [-0.15, -0.1) is 0 Å². The number of nitrogens with zero attached hydrogens (tertiary/aromatic N) is 2. The summed E-state index contributed by atoms with van der Waals surface area (Å²) in [5.41, 5.74) is 2.50. The maximum absolute atomic E-state index is 13.3. The van der Waals surface area contributed by atoms with Gasteiger partial charge in [0.1, 0.15) is 24.2 Å². The van der Waals surface area contributed by atoms with Crippen molar-refractivity contribution >= 4 is 33.2 Å². The van der Waals surface area contributed by atoms with Crippen LogP contribution in [0.15, 0.2) is 108 Å². The number of aliphatic hydroxyl groups is 1. The van der Waals surface area contributed by atoms with E-state index in [9.17, 15) is 23.1 Å². The molecule has 1 fully saturated rings. The zero-order chi connectivity index (χ0) is 28.4. The third-order valence-corrected chi connectivity index (χ3v) is 7.47. The lowest BCUT2D eigenvalue weighted by molar-refractivity contribution is -0.132. The molecule has 1 aromatic heterocycles. The van der Waals surface area contributed by atoms with Crippen LogP contribution in [0.5, 0.6) is 5.75 Å². The molecule has 2 heterocycles. The number of pyridine rings is 1. The van der Waals surface area contributed by atoms with E-state index in [-0.39, 0.29) is 21.9 Å². The van der Waals surface area contributed by atoms with Gasteiger partial charge in [-0.2, -0.15) is 0 Å². The Morgan fingerprint density at radius 3 is 2.30 bits per heavy atom. The first-order chi connectivity index (χ1) is 19.1. The second kappa shape index (κ2) is 10.8. The van der Waals surface area contributed by atoms with Gasteiger partial charge in [0.25, 0.3) is 11.7 Å². The van der Waals surface area contributed by atoms with E-state index in [1.165, 1.54) is 35.4 Å². The van der Waals surface area contributed by atoms with Crippen molar-refractivity contribution in [3.8, 4) is 5.75 Å². The minimum Gasteiger partial charge on any atom is -0.507 e. The predicted molar refractivity (Wildman–Crippen MR) is 149 cm³/mol. The third kappa shape index (κ3) is 5.22. The number of benzene rings is 3. The molecule has 1 unspecified atom stereocenters. The van der Waals surface area contributed by atoms with Gasteiger partial charge in [-0.05, 0) is 72.6 Å². The lowest BCUT2D eigenvalue weighted by atomic mass is 9.97. The van der Waals surface area contributed by atoms with Crippen LogP contribution in [0.1, 0.15) is 28.4 Å². The Morgan fingerprint density at radius 1 is 0.975 bits per heavy atom. The van der Waals surface area contributed by atoms with Gasteiger partial charge < -0.3 is 9.84 Å². The Hall–Kier alpha value is -4.80. The highest BCUT2D eigenvalue weighted by Crippen LogP contribution is 2.42. The molecule has 202 valence electrons. The number of aromatic nitrogens is 1. The number of sulfonamides is 1. The standard InChI is InChI=1S/C30H25N3O6S/c1-19-17-21(10-15-25(19)39-18-20-7-3-2-4-8-20)28(34)26-27(24-9-5-6-16-32-24)33(30(36)29(26)35)22-11-13-23(14-12-22)40(31,37)38/h2-17,27,34H,18H2,1H3,(H2,31,37,38)/b28-26+. The molecule has 10 heteroatoms. The SMILES string of the molecule is Cc1cc(/C(O)=C2\C(=O)C(=O)N(c3ccc(S(N)(=O)=O)cc3)C2c2ccccn2)ccc1OCc1ccccc1. The predicted octanol–water partition coefficient (Wildman–Crippen LogP) is 4.24. The molecule has 1 amide bonds. The van der Waals surface area contributed by atoms with Crippen molar-refractivity contribution in [2.24, 2.45) is 5.14 Å². The Kier molecular flexibility index (Phi) is 7.20. The summed E-state index contributed by atoms with van der Waals surface area (Å²) in [5.74, 6) is -1.54. The molecule has 0 saturated carbocycles. The van der Waals surface area contributed by atoms with Crippen molar-refractivity contribution in [2.45, 2.75) is 24.5 Å². The lowest BCUT2D eigenvalue weighted by Gasteiger charge is -2.24. The minimum atomic E-state index is -3.96. The van der Waals surface area contributed by atoms with Gasteiger partial charge in [-0.25, -0.2) is 13.6 Å². The van der Waals surface area contributed by atoms with Gasteiger partial charge in [0.2, 0.25) is 10.0 Å². The van der Waals surface area contributed by atoms with Crippen LogP contribution >= 0.6 is 0 Å². The molecule has 1 aliphatic rings. The number of anilines is 1. The fourth-order valence-corrected chi connectivity index (χ4v) is 5.08. The molecule has 4 aromatic rings. The Morgan fingerprint density at radius 2 is 1.68 bits per heavy atom. The van der Waals surface area contributed by atoms with Crippen LogP contribution in [0.25, 0.3) is 5.76 Å². The van der Waals surface area contributed by atoms with Crippen molar-refractivity contribution in [3.05, 3.63) is 125 Å². The number of carbonyl (C=O) groups excluding carboxylic acids is 2. The van der Waals surface area contributed by atoms with E-state index in [0.717, 1.165) is 11.1 Å². The van der Waals surface area contributed by atoms with Gasteiger partial charge in [-0.3, -0.25) is 19.5 Å². The smallest absolute Gasteiger partial charge is 0.300 e. The largest absolute Gasteiger partial charge is 0.507 e. The maximum atomic E-state index is 13.3. The van der Waals surface area contributed by atoms with Crippen LogP contribution in [0.2, 0.25) is 0 Å². The first-order valence-corrected chi connectivity index (χ1v) is 13.8. The number of aliphatic hydroxyl groups excluding tert-OH is 1.